The Labute approximate surface area is 176 Å². The average molecular weight is 406 g/mol. The van der Waals surface area contributed by atoms with Crippen molar-refractivity contribution in [2.75, 3.05) is 0 Å². The third-order valence-corrected chi connectivity index (χ3v) is 5.58. The number of nitriles is 1. The van der Waals surface area contributed by atoms with Gasteiger partial charge in [-0.15, -0.1) is 0 Å². The first-order valence-electron chi connectivity index (χ1n) is 9.54. The van der Waals surface area contributed by atoms with Crippen LogP contribution in [0.3, 0.4) is 0 Å². The van der Waals surface area contributed by atoms with Gasteiger partial charge in [-0.1, -0.05) is 60.7 Å². The summed E-state index contributed by atoms with van der Waals surface area (Å²) in [5, 5.41) is 11.5. The number of ketones is 3. The van der Waals surface area contributed by atoms with Gasteiger partial charge in [0.1, 0.15) is 11.6 Å². The highest BCUT2D eigenvalue weighted by Gasteiger charge is 2.46. The quantitative estimate of drug-likeness (QED) is 0.650. The highest BCUT2D eigenvalue weighted by molar-refractivity contribution is 6.29. The summed E-state index contributed by atoms with van der Waals surface area (Å²) >= 11 is 0. The largest absolute Gasteiger partial charge is 0.436 e. The summed E-state index contributed by atoms with van der Waals surface area (Å²) in [6, 6.07) is 20.8. The lowest BCUT2D eigenvalue weighted by Crippen LogP contribution is -2.36. The fourth-order valence-electron chi connectivity index (χ4n) is 4.08. The zero-order chi connectivity index (χ0) is 21.7. The van der Waals surface area contributed by atoms with E-state index in [4.69, 9.17) is 10.5 Å². The van der Waals surface area contributed by atoms with E-state index < -0.39 is 23.3 Å². The maximum atomic E-state index is 13.6. The molecule has 2 N–H and O–H groups in total. The molecule has 1 atom stereocenters. The summed E-state index contributed by atoms with van der Waals surface area (Å²) in [7, 11) is 0. The van der Waals surface area contributed by atoms with Crippen LogP contribution in [0.1, 0.15) is 31.1 Å². The van der Waals surface area contributed by atoms with Crippen molar-refractivity contribution in [3.63, 3.8) is 0 Å². The molecule has 1 aliphatic heterocycles. The lowest BCUT2D eigenvalue weighted by molar-refractivity contribution is 0.0854. The predicted octanol–water partition coefficient (Wildman–Crippen LogP) is 3.70. The Hall–Kier alpha value is -4.50. The molecule has 5 rings (SSSR count). The second-order valence-electron chi connectivity index (χ2n) is 7.30. The summed E-state index contributed by atoms with van der Waals surface area (Å²) < 4.78 is 5.41. The van der Waals surface area contributed by atoms with E-state index in [1.54, 1.807) is 30.3 Å². The molecule has 0 saturated carbocycles. The summed E-state index contributed by atoms with van der Waals surface area (Å²) in [5.74, 6) is -3.52. The minimum atomic E-state index is -1.32. The van der Waals surface area contributed by atoms with Crippen LogP contribution >= 0.6 is 0 Å². The molecule has 3 aromatic rings. The minimum absolute atomic E-state index is 0.146. The average Bonchev–Trinajstić information content (AvgIpc) is 2.81. The smallest absolute Gasteiger partial charge is 0.229 e. The molecular weight excluding hydrogens is 392 g/mol. The van der Waals surface area contributed by atoms with E-state index in [1.165, 1.54) is 12.1 Å². The number of hydrogen-bond donors (Lipinski definition) is 1. The van der Waals surface area contributed by atoms with Crippen molar-refractivity contribution in [3.05, 3.63) is 106 Å². The number of carbonyl (C=O) groups is 3. The molecule has 2 aliphatic rings. The van der Waals surface area contributed by atoms with Gasteiger partial charge in [-0.25, -0.2) is 0 Å². The van der Waals surface area contributed by atoms with Gasteiger partial charge in [0.05, 0.1) is 11.5 Å². The van der Waals surface area contributed by atoms with Gasteiger partial charge in [-0.05, 0) is 16.8 Å². The first kappa shape index (κ1) is 18.5. The maximum absolute atomic E-state index is 13.6. The SMILES string of the molecule is N#CC1=C(N)OC2=C(C(=O)c3ccccc3C2=O)C1C(=O)c1ccc2ccccc2c1. The zero-order valence-corrected chi connectivity index (χ0v) is 16.1. The molecule has 0 saturated heterocycles. The molecule has 0 bridgehead atoms. The van der Waals surface area contributed by atoms with Crippen LogP contribution in [0.5, 0.6) is 0 Å². The number of ether oxygens (including phenoxy) is 1. The van der Waals surface area contributed by atoms with Gasteiger partial charge in [0.2, 0.25) is 11.7 Å². The zero-order valence-electron chi connectivity index (χ0n) is 16.1. The van der Waals surface area contributed by atoms with Crippen molar-refractivity contribution < 1.29 is 19.1 Å². The van der Waals surface area contributed by atoms with E-state index >= 15 is 0 Å². The summed E-state index contributed by atoms with van der Waals surface area (Å²) in [6.45, 7) is 0. The van der Waals surface area contributed by atoms with Crippen molar-refractivity contribution in [1.29, 1.82) is 5.26 Å². The second-order valence-corrected chi connectivity index (χ2v) is 7.30. The van der Waals surface area contributed by atoms with E-state index in [0.29, 0.717) is 5.56 Å². The van der Waals surface area contributed by atoms with Crippen LogP contribution in [-0.2, 0) is 4.74 Å². The summed E-state index contributed by atoms with van der Waals surface area (Å²) in [4.78, 5) is 39.9. The van der Waals surface area contributed by atoms with Gasteiger partial charge in [-0.2, -0.15) is 5.26 Å². The molecule has 31 heavy (non-hydrogen) atoms. The van der Waals surface area contributed by atoms with Gasteiger partial charge in [0.25, 0.3) is 0 Å². The second kappa shape index (κ2) is 6.78. The van der Waals surface area contributed by atoms with Crippen LogP contribution in [0.4, 0.5) is 0 Å². The third kappa shape index (κ3) is 2.68. The van der Waals surface area contributed by atoms with E-state index in [0.717, 1.165) is 10.8 Å². The van der Waals surface area contributed by atoms with E-state index in [-0.39, 0.29) is 33.9 Å². The Bertz CT molecular complexity index is 1440. The molecule has 1 unspecified atom stereocenters. The van der Waals surface area contributed by atoms with Crippen molar-refractivity contribution in [1.82, 2.24) is 0 Å². The van der Waals surface area contributed by atoms with Crippen molar-refractivity contribution in [2.24, 2.45) is 11.7 Å². The monoisotopic (exact) mass is 406 g/mol. The number of carbonyl (C=O) groups excluding carboxylic acids is 3. The van der Waals surface area contributed by atoms with Crippen LogP contribution in [0.15, 0.2) is 89.5 Å². The van der Waals surface area contributed by atoms with Crippen LogP contribution < -0.4 is 5.73 Å². The van der Waals surface area contributed by atoms with Crippen molar-refractivity contribution in [2.45, 2.75) is 0 Å². The van der Waals surface area contributed by atoms with Gasteiger partial charge in [0, 0.05) is 16.7 Å². The Morgan fingerprint density at radius 1 is 0.903 bits per heavy atom. The Morgan fingerprint density at radius 3 is 2.26 bits per heavy atom. The van der Waals surface area contributed by atoms with Gasteiger partial charge in [0.15, 0.2) is 17.3 Å². The number of Topliss-reactive ketones (excluding diaryl/α,β-unsaturated/α-hetero) is 3. The lowest BCUT2D eigenvalue weighted by atomic mass is 9.75. The Kier molecular flexibility index (Phi) is 4.05. The highest BCUT2D eigenvalue weighted by atomic mass is 16.5. The summed E-state index contributed by atoms with van der Waals surface area (Å²) in [5.41, 5.74) is 6.23. The maximum Gasteiger partial charge on any atom is 0.229 e. The normalized spacial score (nSPS) is 17.7. The number of nitrogens with zero attached hydrogens (tertiary/aromatic N) is 1. The number of rotatable bonds is 2. The molecular formula is C25H14N2O4. The number of fused-ring (bicyclic) bond motifs is 2. The Balaban J connectivity index is 1.70. The standard InChI is InChI=1S/C25H14N2O4/c26-12-18-19(21(28)15-10-9-13-5-1-2-6-14(13)11-15)20-22(29)16-7-3-4-8-17(16)23(30)24(20)31-25(18)27/h1-11,19H,27H2. The van der Waals surface area contributed by atoms with Gasteiger partial charge in [-0.3, -0.25) is 14.4 Å². The molecule has 148 valence electrons. The molecule has 1 aliphatic carbocycles. The van der Waals surface area contributed by atoms with E-state index in [1.807, 2.05) is 30.3 Å². The van der Waals surface area contributed by atoms with Gasteiger partial charge < -0.3 is 10.5 Å². The third-order valence-electron chi connectivity index (χ3n) is 5.58. The molecule has 1 heterocycles. The van der Waals surface area contributed by atoms with Crippen LogP contribution in [-0.4, -0.2) is 17.3 Å². The van der Waals surface area contributed by atoms with Crippen molar-refractivity contribution in [3.8, 4) is 6.07 Å². The first-order chi connectivity index (χ1) is 15.0. The van der Waals surface area contributed by atoms with E-state index in [9.17, 15) is 19.6 Å². The van der Waals surface area contributed by atoms with Gasteiger partial charge >= 0.3 is 0 Å². The lowest BCUT2D eigenvalue weighted by Gasteiger charge is -2.30. The number of hydrogen-bond acceptors (Lipinski definition) is 6. The minimum Gasteiger partial charge on any atom is -0.436 e. The molecule has 3 aromatic carbocycles. The highest BCUT2D eigenvalue weighted by Crippen LogP contribution is 2.40. The number of nitrogens with two attached hydrogens (primary N) is 1. The predicted molar refractivity (Wildman–Crippen MR) is 112 cm³/mol. The van der Waals surface area contributed by atoms with Crippen molar-refractivity contribution >= 4 is 28.1 Å². The van der Waals surface area contributed by atoms with E-state index in [2.05, 4.69) is 0 Å². The molecule has 0 spiro atoms. The molecule has 0 fully saturated rings. The molecule has 0 aromatic heterocycles. The molecule has 6 nitrogen and oxygen atoms in total. The molecule has 0 amide bonds. The van der Waals surface area contributed by atoms with Crippen LogP contribution in [0.25, 0.3) is 10.8 Å². The molecule has 0 radical (unpaired) electrons. The Morgan fingerprint density at radius 2 is 1.55 bits per heavy atom. The topological polar surface area (TPSA) is 110 Å². The first-order valence-corrected chi connectivity index (χ1v) is 9.54. The van der Waals surface area contributed by atoms with Crippen LogP contribution in [0, 0.1) is 17.2 Å². The fourth-order valence-corrected chi connectivity index (χ4v) is 4.08. The number of allylic oxidation sites excluding steroid dienone is 3. The summed E-state index contributed by atoms with van der Waals surface area (Å²) in [6.07, 6.45) is 0. The fraction of sp³-hybridized carbons (Fsp3) is 0.0400. The van der Waals surface area contributed by atoms with Crippen LogP contribution in [0.2, 0.25) is 0 Å². The molecule has 6 heteroatoms. The number of benzene rings is 3.